The molecule has 1 aromatic heterocycles. The Morgan fingerprint density at radius 2 is 2.08 bits per heavy atom. The number of hydrogen-bond acceptors (Lipinski definition) is 1. The minimum Gasteiger partial charge on any atom is -0.232 e. The Bertz CT molecular complexity index is 317. The maximum atomic E-state index is 12.7. The minimum atomic E-state index is -2.80. The van der Waals surface area contributed by atoms with Crippen LogP contribution in [0.1, 0.15) is 17.7 Å². The molecule has 6 heteroatoms. The number of aromatic nitrogens is 1. The maximum Gasteiger partial charge on any atom is 0.280 e. The van der Waals surface area contributed by atoms with Crippen molar-refractivity contribution in [2.75, 3.05) is 0 Å². The number of hydrogen-bond donors (Lipinski definition) is 0. The van der Waals surface area contributed by atoms with Crippen molar-refractivity contribution in [3.05, 3.63) is 28.3 Å². The number of halogens is 5. The van der Waals surface area contributed by atoms with Gasteiger partial charge in [0.15, 0.2) is 11.0 Å². The molecular formula is C7H4Cl2F3N. The predicted molar refractivity (Wildman–Crippen MR) is 43.7 cm³/mol. The van der Waals surface area contributed by atoms with E-state index in [1.807, 2.05) is 0 Å². The van der Waals surface area contributed by atoms with Gasteiger partial charge in [-0.2, -0.15) is 0 Å². The normalized spacial score (nSPS) is 10.9. The van der Waals surface area contributed by atoms with Gasteiger partial charge in [-0.25, -0.2) is 18.2 Å². The van der Waals surface area contributed by atoms with E-state index in [0.29, 0.717) is 0 Å². The van der Waals surface area contributed by atoms with Crippen LogP contribution in [0.5, 0.6) is 0 Å². The first-order valence-corrected chi connectivity index (χ1v) is 4.16. The minimum absolute atomic E-state index is 0.0430. The average Bonchev–Trinajstić information content (AvgIpc) is 2.08. The molecule has 1 heterocycles. The second-order valence-corrected chi connectivity index (χ2v) is 2.86. The standard InChI is InChI=1S/C7H4Cl2F3N/c8-2-3-1-4(10)6(9)13-5(3)7(11)12/h1,7H,2H2. The first-order chi connectivity index (χ1) is 6.06. The number of rotatable bonds is 2. The van der Waals surface area contributed by atoms with Crippen molar-refractivity contribution in [2.24, 2.45) is 0 Å². The summed E-state index contributed by atoms with van der Waals surface area (Å²) in [5.41, 5.74) is -0.611. The van der Waals surface area contributed by atoms with E-state index in [-0.39, 0.29) is 11.4 Å². The lowest BCUT2D eigenvalue weighted by Gasteiger charge is -2.05. The van der Waals surface area contributed by atoms with Crippen molar-refractivity contribution in [1.82, 2.24) is 4.98 Å². The Balaban J connectivity index is 3.25. The lowest BCUT2D eigenvalue weighted by atomic mass is 10.2. The third kappa shape index (κ3) is 2.25. The van der Waals surface area contributed by atoms with E-state index in [9.17, 15) is 13.2 Å². The van der Waals surface area contributed by atoms with Gasteiger partial charge >= 0.3 is 0 Å². The van der Waals surface area contributed by atoms with Crippen LogP contribution in [-0.4, -0.2) is 4.98 Å². The molecule has 0 aliphatic rings. The molecular weight excluding hydrogens is 226 g/mol. The Morgan fingerprint density at radius 3 is 2.54 bits per heavy atom. The van der Waals surface area contributed by atoms with Crippen LogP contribution in [0.2, 0.25) is 5.15 Å². The first-order valence-electron chi connectivity index (χ1n) is 3.25. The maximum absolute atomic E-state index is 12.7. The van der Waals surface area contributed by atoms with E-state index in [4.69, 9.17) is 23.2 Å². The van der Waals surface area contributed by atoms with Gasteiger partial charge in [0.05, 0.1) is 0 Å². The molecule has 0 fully saturated rings. The lowest BCUT2D eigenvalue weighted by Crippen LogP contribution is -1.99. The number of pyridine rings is 1. The molecule has 0 radical (unpaired) electrons. The van der Waals surface area contributed by atoms with Gasteiger partial charge in [0, 0.05) is 5.88 Å². The highest BCUT2D eigenvalue weighted by molar-refractivity contribution is 6.29. The van der Waals surface area contributed by atoms with Crippen LogP contribution in [0, 0.1) is 5.82 Å². The third-order valence-corrected chi connectivity index (χ3v) is 1.95. The Morgan fingerprint density at radius 1 is 1.46 bits per heavy atom. The average molecular weight is 230 g/mol. The highest BCUT2D eigenvalue weighted by Crippen LogP contribution is 2.25. The summed E-state index contributed by atoms with van der Waals surface area (Å²) in [5, 5.41) is -0.566. The molecule has 0 unspecified atom stereocenters. The Kier molecular flexibility index (Phi) is 3.39. The molecule has 1 rings (SSSR count). The van der Waals surface area contributed by atoms with Gasteiger partial charge in [-0.3, -0.25) is 0 Å². The van der Waals surface area contributed by atoms with Crippen molar-refractivity contribution < 1.29 is 13.2 Å². The Labute approximate surface area is 82.5 Å². The fourth-order valence-corrected chi connectivity index (χ4v) is 1.17. The van der Waals surface area contributed by atoms with Crippen LogP contribution in [0.3, 0.4) is 0 Å². The molecule has 0 saturated heterocycles. The molecule has 0 amide bonds. The molecule has 0 saturated carbocycles. The molecule has 0 aliphatic carbocycles. The van der Waals surface area contributed by atoms with Gasteiger partial charge in [0.1, 0.15) is 5.69 Å². The second kappa shape index (κ2) is 4.15. The highest BCUT2D eigenvalue weighted by atomic mass is 35.5. The van der Waals surface area contributed by atoms with Crippen LogP contribution in [-0.2, 0) is 5.88 Å². The summed E-state index contributed by atoms with van der Waals surface area (Å²) in [6.45, 7) is 0. The zero-order chi connectivity index (χ0) is 10.0. The van der Waals surface area contributed by atoms with Gasteiger partial charge in [0.2, 0.25) is 0 Å². The highest BCUT2D eigenvalue weighted by Gasteiger charge is 2.17. The predicted octanol–water partition coefficient (Wildman–Crippen LogP) is 3.55. The fraction of sp³-hybridized carbons (Fsp3) is 0.286. The quantitative estimate of drug-likeness (QED) is 0.559. The van der Waals surface area contributed by atoms with Gasteiger partial charge in [-0.1, -0.05) is 11.6 Å². The van der Waals surface area contributed by atoms with Crippen molar-refractivity contribution in [1.29, 1.82) is 0 Å². The largest absolute Gasteiger partial charge is 0.280 e. The monoisotopic (exact) mass is 229 g/mol. The van der Waals surface area contributed by atoms with Gasteiger partial charge in [-0.05, 0) is 11.6 Å². The summed E-state index contributed by atoms with van der Waals surface area (Å²) in [6, 6.07) is 0.865. The fourth-order valence-electron chi connectivity index (χ4n) is 0.813. The number of alkyl halides is 3. The number of nitrogens with zero attached hydrogens (tertiary/aromatic N) is 1. The van der Waals surface area contributed by atoms with E-state index < -0.39 is 23.1 Å². The first kappa shape index (κ1) is 10.6. The summed E-state index contributed by atoms with van der Waals surface area (Å²) in [5.74, 6) is -1.07. The van der Waals surface area contributed by atoms with Crippen molar-refractivity contribution in [3.63, 3.8) is 0 Å². The Hall–Kier alpha value is -0.480. The van der Waals surface area contributed by atoms with E-state index >= 15 is 0 Å². The van der Waals surface area contributed by atoms with E-state index in [1.165, 1.54) is 0 Å². The van der Waals surface area contributed by atoms with Gasteiger partial charge < -0.3 is 0 Å². The van der Waals surface area contributed by atoms with E-state index in [1.54, 1.807) is 0 Å². The summed E-state index contributed by atoms with van der Waals surface area (Å²) in [7, 11) is 0. The summed E-state index contributed by atoms with van der Waals surface area (Å²) >= 11 is 10.5. The van der Waals surface area contributed by atoms with E-state index in [0.717, 1.165) is 6.07 Å². The molecule has 0 spiro atoms. The second-order valence-electron chi connectivity index (χ2n) is 2.24. The molecule has 1 aromatic rings. The van der Waals surface area contributed by atoms with Crippen molar-refractivity contribution in [2.45, 2.75) is 12.3 Å². The molecule has 1 nitrogen and oxygen atoms in total. The summed E-state index contributed by atoms with van der Waals surface area (Å²) in [4.78, 5) is 3.20. The molecule has 0 N–H and O–H groups in total. The summed E-state index contributed by atoms with van der Waals surface area (Å²) < 4.78 is 37.2. The van der Waals surface area contributed by atoms with Crippen LogP contribution in [0.25, 0.3) is 0 Å². The molecule has 0 aliphatic heterocycles. The molecule has 0 bridgehead atoms. The SMILES string of the molecule is Fc1cc(CCl)c(C(F)F)nc1Cl. The topological polar surface area (TPSA) is 12.9 Å². The van der Waals surface area contributed by atoms with Gasteiger partial charge in [0.25, 0.3) is 6.43 Å². The van der Waals surface area contributed by atoms with Crippen LogP contribution in [0.4, 0.5) is 13.2 Å². The van der Waals surface area contributed by atoms with Crippen LogP contribution >= 0.6 is 23.2 Å². The molecule has 0 aromatic carbocycles. The van der Waals surface area contributed by atoms with Gasteiger partial charge in [-0.15, -0.1) is 11.6 Å². The van der Waals surface area contributed by atoms with Crippen molar-refractivity contribution in [3.8, 4) is 0 Å². The third-order valence-electron chi connectivity index (χ3n) is 1.40. The van der Waals surface area contributed by atoms with Crippen molar-refractivity contribution >= 4 is 23.2 Å². The zero-order valence-corrected chi connectivity index (χ0v) is 7.71. The lowest BCUT2D eigenvalue weighted by molar-refractivity contribution is 0.145. The zero-order valence-electron chi connectivity index (χ0n) is 6.20. The van der Waals surface area contributed by atoms with E-state index in [2.05, 4.69) is 4.98 Å². The van der Waals surface area contributed by atoms with Crippen LogP contribution < -0.4 is 0 Å². The smallest absolute Gasteiger partial charge is 0.232 e. The molecule has 0 atom stereocenters. The summed E-state index contributed by atoms with van der Waals surface area (Å²) in [6.07, 6.45) is -2.80. The molecule has 72 valence electrons. The molecule has 13 heavy (non-hydrogen) atoms. The van der Waals surface area contributed by atoms with Crippen LogP contribution in [0.15, 0.2) is 6.07 Å².